The zero-order valence-electron chi connectivity index (χ0n) is 13.4. The Bertz CT molecular complexity index is 611. The van der Waals surface area contributed by atoms with E-state index in [0.29, 0.717) is 12.2 Å². The monoisotopic (exact) mass is 316 g/mol. The van der Waals surface area contributed by atoms with Gasteiger partial charge in [-0.15, -0.1) is 0 Å². The fourth-order valence-corrected chi connectivity index (χ4v) is 1.99. The van der Waals surface area contributed by atoms with Crippen LogP contribution in [0.2, 0.25) is 0 Å². The highest BCUT2D eigenvalue weighted by atomic mass is 19.1. The number of halogens is 1. The molecule has 0 aliphatic carbocycles. The van der Waals surface area contributed by atoms with Crippen LogP contribution in [0.15, 0.2) is 60.7 Å². The molecule has 0 saturated carbocycles. The number of ether oxygens (including phenoxy) is 2. The molecule has 0 heterocycles. The molecular formula is C19H21FO3. The van der Waals surface area contributed by atoms with Gasteiger partial charge in [-0.05, 0) is 31.5 Å². The largest absolute Gasteiger partial charge is 0.456 e. The number of hydrogen-bond acceptors (Lipinski definition) is 3. The van der Waals surface area contributed by atoms with Crippen molar-refractivity contribution in [3.63, 3.8) is 0 Å². The topological polar surface area (TPSA) is 35.5 Å². The lowest BCUT2D eigenvalue weighted by Gasteiger charge is -2.27. The van der Waals surface area contributed by atoms with E-state index in [0.717, 1.165) is 5.56 Å². The van der Waals surface area contributed by atoms with Crippen LogP contribution in [0.3, 0.4) is 0 Å². The summed E-state index contributed by atoms with van der Waals surface area (Å²) in [5.74, 6) is -0.537. The average Bonchev–Trinajstić information content (AvgIpc) is 2.56. The van der Waals surface area contributed by atoms with E-state index in [1.54, 1.807) is 30.3 Å². The van der Waals surface area contributed by atoms with Crippen molar-refractivity contribution in [3.05, 3.63) is 71.8 Å². The van der Waals surface area contributed by atoms with Gasteiger partial charge in [0.25, 0.3) is 0 Å². The lowest BCUT2D eigenvalue weighted by Crippen LogP contribution is -2.40. The summed E-state index contributed by atoms with van der Waals surface area (Å²) in [7, 11) is 0. The third-order valence-corrected chi connectivity index (χ3v) is 3.64. The highest BCUT2D eigenvalue weighted by Gasteiger charge is 2.34. The third kappa shape index (κ3) is 5.18. The van der Waals surface area contributed by atoms with Crippen LogP contribution in [0.5, 0.6) is 0 Å². The number of carbonyl (C=O) groups excluding carboxylic acids is 1. The lowest BCUT2D eigenvalue weighted by molar-refractivity contribution is -0.0652. The molecule has 0 N–H and O–H groups in total. The van der Waals surface area contributed by atoms with E-state index in [1.807, 2.05) is 30.3 Å². The fourth-order valence-electron chi connectivity index (χ4n) is 1.99. The summed E-state index contributed by atoms with van der Waals surface area (Å²) in [6.07, 6.45) is -0.911. The minimum atomic E-state index is -1.76. The minimum Gasteiger partial charge on any atom is -0.456 e. The molecule has 0 amide bonds. The molecule has 3 nitrogen and oxygen atoms in total. The van der Waals surface area contributed by atoms with E-state index >= 15 is 0 Å². The van der Waals surface area contributed by atoms with Gasteiger partial charge in [0.1, 0.15) is 6.10 Å². The first-order valence-electron chi connectivity index (χ1n) is 7.55. The Morgan fingerprint density at radius 1 is 1.09 bits per heavy atom. The maximum absolute atomic E-state index is 14.7. The van der Waals surface area contributed by atoms with Gasteiger partial charge in [0.05, 0.1) is 18.8 Å². The molecule has 0 aromatic heterocycles. The second kappa shape index (κ2) is 7.88. The van der Waals surface area contributed by atoms with Gasteiger partial charge in [-0.1, -0.05) is 48.5 Å². The smallest absolute Gasteiger partial charge is 0.338 e. The molecule has 0 radical (unpaired) electrons. The molecular weight excluding hydrogens is 295 g/mol. The Labute approximate surface area is 136 Å². The number of alkyl halides is 1. The van der Waals surface area contributed by atoms with Crippen molar-refractivity contribution >= 4 is 5.97 Å². The van der Waals surface area contributed by atoms with Gasteiger partial charge >= 0.3 is 5.97 Å². The number of carbonyl (C=O) groups is 1. The Morgan fingerprint density at radius 3 is 2.26 bits per heavy atom. The third-order valence-electron chi connectivity index (χ3n) is 3.64. The van der Waals surface area contributed by atoms with Crippen molar-refractivity contribution in [1.29, 1.82) is 0 Å². The molecule has 2 aromatic rings. The molecule has 2 unspecified atom stereocenters. The van der Waals surface area contributed by atoms with Crippen molar-refractivity contribution in [2.24, 2.45) is 0 Å². The first-order chi connectivity index (χ1) is 11.0. The summed E-state index contributed by atoms with van der Waals surface area (Å²) >= 11 is 0. The van der Waals surface area contributed by atoms with Crippen LogP contribution in [0.4, 0.5) is 4.39 Å². The Morgan fingerprint density at radius 2 is 1.65 bits per heavy atom. The molecule has 0 bridgehead atoms. The first kappa shape index (κ1) is 17.2. The van der Waals surface area contributed by atoms with Crippen molar-refractivity contribution in [3.8, 4) is 0 Å². The second-order valence-electron chi connectivity index (χ2n) is 5.67. The van der Waals surface area contributed by atoms with Gasteiger partial charge < -0.3 is 9.47 Å². The summed E-state index contributed by atoms with van der Waals surface area (Å²) in [5, 5.41) is 0. The predicted molar refractivity (Wildman–Crippen MR) is 86.9 cm³/mol. The standard InChI is InChI=1S/C19H21FO3/c1-15(23-18(21)17-11-7-4-8-12-17)19(2,20)14-22-13-16-9-5-3-6-10-16/h3-12,15H,13-14H2,1-2H3. The van der Waals surface area contributed by atoms with Crippen molar-refractivity contribution in [2.75, 3.05) is 6.61 Å². The van der Waals surface area contributed by atoms with Gasteiger partial charge in [-0.2, -0.15) is 0 Å². The Kier molecular flexibility index (Phi) is 5.88. The van der Waals surface area contributed by atoms with E-state index in [9.17, 15) is 9.18 Å². The zero-order valence-corrected chi connectivity index (χ0v) is 13.4. The van der Waals surface area contributed by atoms with E-state index in [2.05, 4.69) is 0 Å². The highest BCUT2D eigenvalue weighted by Crippen LogP contribution is 2.21. The van der Waals surface area contributed by atoms with Gasteiger partial charge in [-0.3, -0.25) is 0 Å². The maximum Gasteiger partial charge on any atom is 0.338 e. The number of hydrogen-bond donors (Lipinski definition) is 0. The molecule has 23 heavy (non-hydrogen) atoms. The van der Waals surface area contributed by atoms with Crippen LogP contribution in [0.1, 0.15) is 29.8 Å². The first-order valence-corrected chi connectivity index (χ1v) is 7.55. The van der Waals surface area contributed by atoms with Gasteiger partial charge in [0, 0.05) is 0 Å². The number of rotatable bonds is 7. The quantitative estimate of drug-likeness (QED) is 0.719. The van der Waals surface area contributed by atoms with Crippen LogP contribution in [0, 0.1) is 0 Å². The zero-order chi connectivity index (χ0) is 16.7. The van der Waals surface area contributed by atoms with E-state index in [-0.39, 0.29) is 6.61 Å². The van der Waals surface area contributed by atoms with E-state index in [1.165, 1.54) is 13.8 Å². The molecule has 2 rings (SSSR count). The van der Waals surface area contributed by atoms with E-state index in [4.69, 9.17) is 9.47 Å². The molecule has 0 saturated heterocycles. The molecule has 2 aromatic carbocycles. The van der Waals surface area contributed by atoms with Gasteiger partial charge in [-0.25, -0.2) is 9.18 Å². The van der Waals surface area contributed by atoms with Crippen LogP contribution in [-0.4, -0.2) is 24.3 Å². The van der Waals surface area contributed by atoms with Crippen LogP contribution in [-0.2, 0) is 16.1 Å². The Hall–Kier alpha value is -2.20. The number of esters is 1. The normalized spacial score (nSPS) is 14.7. The SMILES string of the molecule is CC(OC(=O)c1ccccc1)C(C)(F)COCc1ccccc1. The van der Waals surface area contributed by atoms with Crippen LogP contribution < -0.4 is 0 Å². The minimum absolute atomic E-state index is 0.148. The molecule has 0 aliphatic heterocycles. The molecule has 4 heteroatoms. The molecule has 122 valence electrons. The molecule has 2 atom stereocenters. The summed E-state index contributed by atoms with van der Waals surface area (Å²) in [6.45, 7) is 3.08. The molecule has 0 spiro atoms. The maximum atomic E-state index is 14.7. The van der Waals surface area contributed by atoms with Crippen molar-refractivity contribution in [1.82, 2.24) is 0 Å². The summed E-state index contributed by atoms with van der Waals surface area (Å²) in [5.41, 5.74) is -0.392. The summed E-state index contributed by atoms with van der Waals surface area (Å²) in [6, 6.07) is 18.1. The summed E-state index contributed by atoms with van der Waals surface area (Å²) < 4.78 is 25.3. The summed E-state index contributed by atoms with van der Waals surface area (Å²) in [4.78, 5) is 12.0. The number of benzene rings is 2. The lowest BCUT2D eigenvalue weighted by atomic mass is 10.0. The van der Waals surface area contributed by atoms with Crippen LogP contribution in [0.25, 0.3) is 0 Å². The van der Waals surface area contributed by atoms with Crippen LogP contribution >= 0.6 is 0 Å². The van der Waals surface area contributed by atoms with Gasteiger partial charge in [0.2, 0.25) is 0 Å². The predicted octanol–water partition coefficient (Wildman–Crippen LogP) is 4.18. The van der Waals surface area contributed by atoms with E-state index < -0.39 is 17.7 Å². The second-order valence-corrected chi connectivity index (χ2v) is 5.67. The highest BCUT2D eigenvalue weighted by molar-refractivity contribution is 5.89. The molecule has 0 fully saturated rings. The van der Waals surface area contributed by atoms with Crippen molar-refractivity contribution in [2.45, 2.75) is 32.2 Å². The average molecular weight is 316 g/mol. The van der Waals surface area contributed by atoms with Crippen molar-refractivity contribution < 1.29 is 18.7 Å². The van der Waals surface area contributed by atoms with Gasteiger partial charge in [0.15, 0.2) is 5.67 Å². The fraction of sp³-hybridized carbons (Fsp3) is 0.316. The molecule has 0 aliphatic rings. The Balaban J connectivity index is 1.84.